The lowest BCUT2D eigenvalue weighted by molar-refractivity contribution is 0.609. The first-order valence-corrected chi connectivity index (χ1v) is 6.06. The van der Waals surface area contributed by atoms with Crippen molar-refractivity contribution in [3.63, 3.8) is 0 Å². The summed E-state index contributed by atoms with van der Waals surface area (Å²) in [6.45, 7) is 1.99. The maximum atomic E-state index is 13.8. The Morgan fingerprint density at radius 1 is 1.35 bits per heavy atom. The van der Waals surface area contributed by atoms with Gasteiger partial charge in [0.05, 0.1) is 9.86 Å². The van der Waals surface area contributed by atoms with E-state index in [4.69, 9.17) is 5.73 Å². The minimum absolute atomic E-state index is 0.00542. The molecule has 1 aromatic heterocycles. The summed E-state index contributed by atoms with van der Waals surface area (Å²) in [5.74, 6) is -1.15. The predicted molar refractivity (Wildman–Crippen MR) is 67.8 cm³/mol. The first-order chi connectivity index (χ1) is 8.04. The molecule has 0 atom stereocenters. The number of halogens is 3. The molecule has 5 heteroatoms. The summed E-state index contributed by atoms with van der Waals surface area (Å²) in [6, 6.07) is 2.67. The number of anilines is 1. The summed E-state index contributed by atoms with van der Waals surface area (Å²) >= 11 is 2.95. The van der Waals surface area contributed by atoms with Crippen molar-refractivity contribution in [2.75, 3.05) is 5.73 Å². The number of nitrogen functional groups attached to an aromatic ring is 1. The van der Waals surface area contributed by atoms with Crippen LogP contribution in [0.15, 0.2) is 16.6 Å². The number of hydrogen-bond acceptors (Lipinski definition) is 2. The first-order valence-electron chi connectivity index (χ1n) is 5.27. The molecule has 2 nitrogen and oxygen atoms in total. The van der Waals surface area contributed by atoms with Crippen molar-refractivity contribution in [3.05, 3.63) is 33.9 Å². The molecule has 0 bridgehead atoms. The lowest BCUT2D eigenvalue weighted by atomic mass is 10.1. The highest BCUT2D eigenvalue weighted by Crippen LogP contribution is 2.31. The molecule has 0 fully saturated rings. The van der Waals surface area contributed by atoms with Gasteiger partial charge in [0, 0.05) is 11.4 Å². The fourth-order valence-corrected chi connectivity index (χ4v) is 2.17. The van der Waals surface area contributed by atoms with Gasteiger partial charge in [-0.1, -0.05) is 13.3 Å². The van der Waals surface area contributed by atoms with Crippen LogP contribution in [0.5, 0.6) is 0 Å². The largest absolute Gasteiger partial charge is 0.398 e. The standard InChI is InChI=1S/C12H11BrF2N2/c1-2-3-6-4-9(16)10-11(15)7(13)5-8(14)12(10)17-6/h4-5H,2-3H2,1H3,(H2,16,17). The smallest absolute Gasteiger partial charge is 0.150 e. The molecule has 0 aliphatic heterocycles. The Morgan fingerprint density at radius 3 is 2.71 bits per heavy atom. The minimum Gasteiger partial charge on any atom is -0.398 e. The monoisotopic (exact) mass is 300 g/mol. The average molecular weight is 301 g/mol. The van der Waals surface area contributed by atoms with E-state index in [9.17, 15) is 8.78 Å². The normalized spacial score (nSPS) is 11.1. The van der Waals surface area contributed by atoms with Crippen molar-refractivity contribution in [1.29, 1.82) is 0 Å². The molecule has 0 aliphatic carbocycles. The van der Waals surface area contributed by atoms with Crippen molar-refractivity contribution in [1.82, 2.24) is 4.98 Å². The number of aromatic nitrogens is 1. The molecule has 0 saturated heterocycles. The summed E-state index contributed by atoms with van der Waals surface area (Å²) < 4.78 is 27.6. The molecule has 0 spiro atoms. The van der Waals surface area contributed by atoms with E-state index in [0.717, 1.165) is 12.5 Å². The predicted octanol–water partition coefficient (Wildman–Crippen LogP) is 3.81. The van der Waals surface area contributed by atoms with E-state index >= 15 is 0 Å². The number of nitrogens with two attached hydrogens (primary N) is 1. The van der Waals surface area contributed by atoms with Crippen molar-refractivity contribution in [2.45, 2.75) is 19.8 Å². The number of nitrogens with zero attached hydrogens (tertiary/aromatic N) is 1. The van der Waals surface area contributed by atoms with Gasteiger partial charge >= 0.3 is 0 Å². The minimum atomic E-state index is -0.575. The second kappa shape index (κ2) is 4.56. The second-order valence-electron chi connectivity index (χ2n) is 3.83. The summed E-state index contributed by atoms with van der Waals surface area (Å²) in [5.41, 5.74) is 6.65. The van der Waals surface area contributed by atoms with Gasteiger partial charge < -0.3 is 5.73 Å². The van der Waals surface area contributed by atoms with Gasteiger partial charge in [-0.3, -0.25) is 0 Å². The molecule has 17 heavy (non-hydrogen) atoms. The summed E-state index contributed by atoms with van der Waals surface area (Å²) in [4.78, 5) is 4.11. The summed E-state index contributed by atoms with van der Waals surface area (Å²) in [5, 5.41) is 0.0386. The van der Waals surface area contributed by atoms with Gasteiger partial charge in [-0.2, -0.15) is 0 Å². The molecule has 0 unspecified atom stereocenters. The molecule has 2 rings (SSSR count). The van der Waals surface area contributed by atoms with Crippen molar-refractivity contribution in [3.8, 4) is 0 Å². The van der Waals surface area contributed by atoms with Crippen LogP contribution in [0, 0.1) is 11.6 Å². The van der Waals surface area contributed by atoms with Crippen LogP contribution in [0.3, 0.4) is 0 Å². The Bertz CT molecular complexity index is 584. The van der Waals surface area contributed by atoms with Gasteiger partial charge in [-0.15, -0.1) is 0 Å². The fraction of sp³-hybridized carbons (Fsp3) is 0.250. The van der Waals surface area contributed by atoms with Crippen molar-refractivity contribution < 1.29 is 8.78 Å². The van der Waals surface area contributed by atoms with Crippen molar-refractivity contribution in [2.24, 2.45) is 0 Å². The third-order valence-corrected chi connectivity index (χ3v) is 3.10. The zero-order chi connectivity index (χ0) is 12.6. The molecule has 2 aromatic rings. The Morgan fingerprint density at radius 2 is 2.06 bits per heavy atom. The van der Waals surface area contributed by atoms with Gasteiger partial charge in [-0.05, 0) is 34.5 Å². The van der Waals surface area contributed by atoms with E-state index in [0.29, 0.717) is 12.1 Å². The molecular formula is C12H11BrF2N2. The summed E-state index contributed by atoms with van der Waals surface area (Å²) in [6.07, 6.45) is 1.57. The van der Waals surface area contributed by atoms with Crippen molar-refractivity contribution >= 4 is 32.5 Å². The van der Waals surface area contributed by atoms with Gasteiger partial charge in [0.2, 0.25) is 0 Å². The number of hydrogen-bond donors (Lipinski definition) is 1. The Hall–Kier alpha value is -1.23. The number of aryl methyl sites for hydroxylation is 1. The van der Waals surface area contributed by atoms with Crippen LogP contribution in [0.2, 0.25) is 0 Å². The highest BCUT2D eigenvalue weighted by molar-refractivity contribution is 9.10. The van der Waals surface area contributed by atoms with E-state index < -0.39 is 11.6 Å². The van der Waals surface area contributed by atoms with Crippen LogP contribution in [0.25, 0.3) is 10.9 Å². The van der Waals surface area contributed by atoms with E-state index in [2.05, 4.69) is 20.9 Å². The van der Waals surface area contributed by atoms with Crippen LogP contribution in [0.4, 0.5) is 14.5 Å². The number of fused-ring (bicyclic) bond motifs is 1. The van der Waals surface area contributed by atoms with Crippen LogP contribution in [-0.4, -0.2) is 4.98 Å². The highest BCUT2D eigenvalue weighted by Gasteiger charge is 2.15. The zero-order valence-corrected chi connectivity index (χ0v) is 10.8. The SMILES string of the molecule is CCCc1cc(N)c2c(F)c(Br)cc(F)c2n1. The van der Waals surface area contributed by atoms with Gasteiger partial charge in [0.1, 0.15) is 11.3 Å². The highest BCUT2D eigenvalue weighted by atomic mass is 79.9. The van der Waals surface area contributed by atoms with Crippen LogP contribution in [-0.2, 0) is 6.42 Å². The Labute approximate surface area is 106 Å². The van der Waals surface area contributed by atoms with Gasteiger partial charge in [0.25, 0.3) is 0 Å². The molecular weight excluding hydrogens is 290 g/mol. The first kappa shape index (κ1) is 12.2. The zero-order valence-electron chi connectivity index (χ0n) is 9.23. The van der Waals surface area contributed by atoms with Gasteiger partial charge in [0.15, 0.2) is 5.82 Å². The molecule has 1 aromatic carbocycles. The number of benzene rings is 1. The topological polar surface area (TPSA) is 38.9 Å². The van der Waals surface area contributed by atoms with Crippen LogP contribution >= 0.6 is 15.9 Å². The molecule has 0 saturated carbocycles. The average Bonchev–Trinajstić information content (AvgIpc) is 2.26. The molecule has 90 valence electrons. The van der Waals surface area contributed by atoms with Gasteiger partial charge in [-0.25, -0.2) is 13.8 Å². The third-order valence-electron chi connectivity index (χ3n) is 2.52. The maximum absolute atomic E-state index is 13.8. The second-order valence-corrected chi connectivity index (χ2v) is 4.68. The van der Waals surface area contributed by atoms with Crippen LogP contribution in [0.1, 0.15) is 19.0 Å². The Kier molecular flexibility index (Phi) is 3.28. The Balaban J connectivity index is 2.81. The third kappa shape index (κ3) is 2.11. The maximum Gasteiger partial charge on any atom is 0.150 e. The molecule has 2 N–H and O–H groups in total. The quantitative estimate of drug-likeness (QED) is 0.857. The molecule has 0 aliphatic rings. The molecule has 1 heterocycles. The van der Waals surface area contributed by atoms with E-state index in [1.165, 1.54) is 0 Å². The molecule has 0 radical (unpaired) electrons. The fourth-order valence-electron chi connectivity index (χ4n) is 1.77. The number of pyridine rings is 1. The lowest BCUT2D eigenvalue weighted by Crippen LogP contribution is -2.00. The molecule has 0 amide bonds. The van der Waals surface area contributed by atoms with E-state index in [-0.39, 0.29) is 21.1 Å². The lowest BCUT2D eigenvalue weighted by Gasteiger charge is -2.08. The number of rotatable bonds is 2. The van der Waals surface area contributed by atoms with Crippen LogP contribution < -0.4 is 5.73 Å². The van der Waals surface area contributed by atoms with E-state index in [1.807, 2.05) is 6.92 Å². The van der Waals surface area contributed by atoms with E-state index in [1.54, 1.807) is 6.07 Å². The summed E-state index contributed by atoms with van der Waals surface area (Å²) in [7, 11) is 0.